The van der Waals surface area contributed by atoms with Crippen molar-refractivity contribution < 1.29 is 17.9 Å². The van der Waals surface area contributed by atoms with Crippen LogP contribution in [0.2, 0.25) is 0 Å². The van der Waals surface area contributed by atoms with Gasteiger partial charge >= 0.3 is 0 Å². The summed E-state index contributed by atoms with van der Waals surface area (Å²) in [5, 5.41) is 3.17. The van der Waals surface area contributed by atoms with Crippen molar-refractivity contribution in [2.75, 3.05) is 32.6 Å². The number of aromatic nitrogens is 1. The summed E-state index contributed by atoms with van der Waals surface area (Å²) >= 11 is 0. The van der Waals surface area contributed by atoms with E-state index in [2.05, 4.69) is 10.3 Å². The maximum absolute atomic E-state index is 12.5. The van der Waals surface area contributed by atoms with Crippen LogP contribution in [0.1, 0.15) is 19.4 Å². The van der Waals surface area contributed by atoms with Crippen molar-refractivity contribution >= 4 is 15.8 Å². The lowest BCUT2D eigenvalue weighted by molar-refractivity contribution is 0.354. The number of hydrogen-bond donors (Lipinski definition) is 1. The van der Waals surface area contributed by atoms with Crippen LogP contribution in [0.4, 0.5) is 5.82 Å². The number of pyridine rings is 1. The molecule has 2 rings (SSSR count). The van der Waals surface area contributed by atoms with Crippen LogP contribution in [0, 0.1) is 0 Å². The lowest BCUT2D eigenvalue weighted by Crippen LogP contribution is -2.30. The summed E-state index contributed by atoms with van der Waals surface area (Å²) in [6.07, 6.45) is 1.38. The van der Waals surface area contributed by atoms with Gasteiger partial charge in [0.1, 0.15) is 10.7 Å². The number of nitrogens with one attached hydrogen (secondary N) is 1. The zero-order valence-electron chi connectivity index (χ0n) is 15.5. The normalized spacial score (nSPS) is 11.4. The van der Waals surface area contributed by atoms with E-state index in [9.17, 15) is 8.42 Å². The SMILES string of the molecule is CCN(CC)S(=O)(=O)c1ccc(NCc2ccc(OC)c(OC)c2)nc1. The van der Waals surface area contributed by atoms with Crippen LogP contribution in [0.5, 0.6) is 11.5 Å². The number of rotatable bonds is 9. The fraction of sp³-hybridized carbons (Fsp3) is 0.389. The van der Waals surface area contributed by atoms with Crippen LogP contribution in [0.15, 0.2) is 41.4 Å². The Morgan fingerprint density at radius 2 is 1.73 bits per heavy atom. The molecule has 1 heterocycles. The Kier molecular flexibility index (Phi) is 6.82. The number of ether oxygens (including phenoxy) is 2. The van der Waals surface area contributed by atoms with Gasteiger partial charge in [0, 0.05) is 25.8 Å². The van der Waals surface area contributed by atoms with Crippen LogP contribution in [0.25, 0.3) is 0 Å². The third-order valence-corrected chi connectivity index (χ3v) is 6.03. The molecule has 1 N–H and O–H groups in total. The highest BCUT2D eigenvalue weighted by atomic mass is 32.2. The molecule has 2 aromatic rings. The lowest BCUT2D eigenvalue weighted by atomic mass is 10.2. The molecular weight excluding hydrogens is 354 g/mol. The van der Waals surface area contributed by atoms with E-state index in [1.165, 1.54) is 10.5 Å². The molecule has 0 bridgehead atoms. The van der Waals surface area contributed by atoms with E-state index in [0.29, 0.717) is 37.0 Å². The van der Waals surface area contributed by atoms with Crippen LogP contribution < -0.4 is 14.8 Å². The fourth-order valence-electron chi connectivity index (χ4n) is 2.53. The van der Waals surface area contributed by atoms with Gasteiger partial charge in [-0.2, -0.15) is 4.31 Å². The van der Waals surface area contributed by atoms with Crippen LogP contribution >= 0.6 is 0 Å². The predicted molar refractivity (Wildman–Crippen MR) is 101 cm³/mol. The molecule has 0 unspecified atom stereocenters. The van der Waals surface area contributed by atoms with Gasteiger partial charge < -0.3 is 14.8 Å². The Morgan fingerprint density at radius 3 is 2.27 bits per heavy atom. The molecule has 1 aromatic heterocycles. The second-order valence-electron chi connectivity index (χ2n) is 5.51. The molecule has 0 saturated heterocycles. The number of hydrogen-bond acceptors (Lipinski definition) is 6. The number of benzene rings is 1. The third kappa shape index (κ3) is 4.44. The average molecular weight is 379 g/mol. The van der Waals surface area contributed by atoms with Gasteiger partial charge in [0.15, 0.2) is 11.5 Å². The van der Waals surface area contributed by atoms with Crippen molar-refractivity contribution in [1.82, 2.24) is 9.29 Å². The minimum absolute atomic E-state index is 0.192. The number of nitrogens with zero attached hydrogens (tertiary/aromatic N) is 2. The summed E-state index contributed by atoms with van der Waals surface area (Å²) in [6, 6.07) is 8.87. The topological polar surface area (TPSA) is 80.8 Å². The van der Waals surface area contributed by atoms with Crippen molar-refractivity contribution in [2.24, 2.45) is 0 Å². The first kappa shape index (κ1) is 20.0. The third-order valence-electron chi connectivity index (χ3n) is 4.00. The summed E-state index contributed by atoms with van der Waals surface area (Å²) in [4.78, 5) is 4.41. The minimum Gasteiger partial charge on any atom is -0.493 e. The van der Waals surface area contributed by atoms with Gasteiger partial charge in [-0.05, 0) is 29.8 Å². The lowest BCUT2D eigenvalue weighted by Gasteiger charge is -2.18. The van der Waals surface area contributed by atoms with E-state index < -0.39 is 10.0 Å². The Labute approximate surface area is 155 Å². The maximum Gasteiger partial charge on any atom is 0.244 e. The van der Waals surface area contributed by atoms with E-state index in [1.807, 2.05) is 32.0 Å². The standard InChI is InChI=1S/C18H25N3O4S/c1-5-21(6-2)26(22,23)15-8-10-18(20-13-15)19-12-14-7-9-16(24-3)17(11-14)25-4/h7-11,13H,5-6,12H2,1-4H3,(H,19,20). The molecule has 0 radical (unpaired) electrons. The van der Waals surface area contributed by atoms with Crippen molar-refractivity contribution in [3.63, 3.8) is 0 Å². The highest BCUT2D eigenvalue weighted by Crippen LogP contribution is 2.27. The molecule has 0 atom stereocenters. The first-order valence-electron chi connectivity index (χ1n) is 8.37. The maximum atomic E-state index is 12.5. The van der Waals surface area contributed by atoms with Gasteiger partial charge in [0.2, 0.25) is 10.0 Å². The molecule has 26 heavy (non-hydrogen) atoms. The van der Waals surface area contributed by atoms with Crippen LogP contribution in [-0.4, -0.2) is 45.0 Å². The Balaban J connectivity index is 2.08. The van der Waals surface area contributed by atoms with Gasteiger partial charge in [-0.25, -0.2) is 13.4 Å². The quantitative estimate of drug-likeness (QED) is 0.722. The summed E-state index contributed by atoms with van der Waals surface area (Å²) < 4.78 is 36.8. The summed E-state index contributed by atoms with van der Waals surface area (Å²) in [5.74, 6) is 1.92. The second-order valence-corrected chi connectivity index (χ2v) is 7.45. The molecule has 0 spiro atoms. The van der Waals surface area contributed by atoms with Gasteiger partial charge in [-0.15, -0.1) is 0 Å². The largest absolute Gasteiger partial charge is 0.493 e. The molecular formula is C18H25N3O4S. The van der Waals surface area contributed by atoms with E-state index in [4.69, 9.17) is 9.47 Å². The molecule has 142 valence electrons. The Bertz CT molecular complexity index is 819. The van der Waals surface area contributed by atoms with Gasteiger partial charge in [-0.1, -0.05) is 19.9 Å². The van der Waals surface area contributed by atoms with E-state index in [1.54, 1.807) is 26.4 Å². The smallest absolute Gasteiger partial charge is 0.244 e. The van der Waals surface area contributed by atoms with Gasteiger partial charge in [-0.3, -0.25) is 0 Å². The molecule has 1 aromatic carbocycles. The molecule has 0 aliphatic heterocycles. The molecule has 0 fully saturated rings. The van der Waals surface area contributed by atoms with E-state index in [-0.39, 0.29) is 4.90 Å². The van der Waals surface area contributed by atoms with Gasteiger partial charge in [0.25, 0.3) is 0 Å². The Morgan fingerprint density at radius 1 is 1.04 bits per heavy atom. The number of methoxy groups -OCH3 is 2. The van der Waals surface area contributed by atoms with Crippen molar-refractivity contribution in [2.45, 2.75) is 25.3 Å². The molecule has 0 amide bonds. The summed E-state index contributed by atoms with van der Waals surface area (Å²) in [5.41, 5.74) is 0.990. The highest BCUT2D eigenvalue weighted by molar-refractivity contribution is 7.89. The average Bonchev–Trinajstić information content (AvgIpc) is 2.67. The first-order valence-corrected chi connectivity index (χ1v) is 9.81. The molecule has 7 nitrogen and oxygen atoms in total. The number of anilines is 1. The van der Waals surface area contributed by atoms with E-state index >= 15 is 0 Å². The first-order chi connectivity index (χ1) is 12.5. The number of sulfonamides is 1. The Hall–Kier alpha value is -2.32. The second kappa shape index (κ2) is 8.86. The summed E-state index contributed by atoms with van der Waals surface area (Å²) in [7, 11) is -0.309. The fourth-order valence-corrected chi connectivity index (χ4v) is 3.94. The zero-order chi connectivity index (χ0) is 19.2. The van der Waals surface area contributed by atoms with Crippen molar-refractivity contribution in [3.05, 3.63) is 42.1 Å². The van der Waals surface area contributed by atoms with Crippen LogP contribution in [0.3, 0.4) is 0 Å². The highest BCUT2D eigenvalue weighted by Gasteiger charge is 2.21. The molecule has 0 aliphatic carbocycles. The van der Waals surface area contributed by atoms with Crippen LogP contribution in [-0.2, 0) is 16.6 Å². The zero-order valence-corrected chi connectivity index (χ0v) is 16.3. The van der Waals surface area contributed by atoms with E-state index in [0.717, 1.165) is 5.56 Å². The minimum atomic E-state index is -3.49. The molecule has 0 aliphatic rings. The van der Waals surface area contributed by atoms with Crippen molar-refractivity contribution in [1.29, 1.82) is 0 Å². The van der Waals surface area contributed by atoms with Gasteiger partial charge in [0.05, 0.1) is 14.2 Å². The van der Waals surface area contributed by atoms with Crippen molar-refractivity contribution in [3.8, 4) is 11.5 Å². The summed E-state index contributed by atoms with van der Waals surface area (Å²) in [6.45, 7) is 5.01. The molecule has 8 heteroatoms. The monoisotopic (exact) mass is 379 g/mol. The molecule has 0 saturated carbocycles. The predicted octanol–water partition coefficient (Wildman–Crippen LogP) is 2.74.